The van der Waals surface area contributed by atoms with Crippen LogP contribution in [0.2, 0.25) is 38.3 Å². The van der Waals surface area contributed by atoms with Gasteiger partial charge in [-0.05, 0) is 117 Å². The first-order valence-corrected chi connectivity index (χ1v) is 22.6. The summed E-state index contributed by atoms with van der Waals surface area (Å²) in [6.45, 7) is 21.6. The zero-order chi connectivity index (χ0) is 28.8. The largest absolute Gasteiger partial charge is 0.414 e. The molecule has 1 saturated carbocycles. The van der Waals surface area contributed by atoms with Crippen LogP contribution in [0.25, 0.3) is 0 Å². The quantitative estimate of drug-likeness (QED) is 0.210. The Kier molecular flexibility index (Phi) is 12.0. The highest BCUT2D eigenvalue weighted by Gasteiger charge is 2.49. The fraction of sp³-hybridized carbons (Fsp3) is 0.824. The standard InChI is InChI=1S/C34H62O3Si2/c1-10-12-21-38(6,7)36-30-23-29(27(4)33(24-30)37-39(8,9)22-13-11-2)17-16-28-15-14-20-34(5)31(26(3)25-35)18-19-32(28)34/h15-17,26,30-33,35H,10-14,18-25H2,1-9H3/b17-16+. The molecule has 224 valence electrons. The van der Waals surface area contributed by atoms with E-state index in [-0.39, 0.29) is 12.2 Å². The molecule has 0 aromatic heterocycles. The van der Waals surface area contributed by atoms with E-state index in [1.54, 1.807) is 0 Å². The molecule has 0 aromatic rings. The predicted molar refractivity (Wildman–Crippen MR) is 173 cm³/mol. The maximum absolute atomic E-state index is 9.92. The summed E-state index contributed by atoms with van der Waals surface area (Å²) < 4.78 is 14.0. The third-order valence-corrected chi connectivity index (χ3v) is 15.5. The molecular formula is C34H62O3Si2. The lowest BCUT2D eigenvalue weighted by molar-refractivity contribution is 0.0793. The summed E-state index contributed by atoms with van der Waals surface area (Å²) >= 11 is 0. The topological polar surface area (TPSA) is 38.7 Å². The van der Waals surface area contributed by atoms with Crippen LogP contribution in [0.5, 0.6) is 0 Å². The van der Waals surface area contributed by atoms with Crippen LogP contribution in [0.15, 0.2) is 34.9 Å². The molecule has 0 radical (unpaired) electrons. The van der Waals surface area contributed by atoms with Crippen molar-refractivity contribution in [1.82, 2.24) is 0 Å². The monoisotopic (exact) mass is 574 g/mol. The smallest absolute Gasteiger partial charge is 0.187 e. The van der Waals surface area contributed by atoms with Crippen LogP contribution in [0, 0.1) is 23.2 Å². The summed E-state index contributed by atoms with van der Waals surface area (Å²) in [4.78, 5) is 0. The molecule has 0 aliphatic heterocycles. The Hall–Kier alpha value is -0.466. The first kappa shape index (κ1) is 33.0. The van der Waals surface area contributed by atoms with Crippen molar-refractivity contribution < 1.29 is 14.0 Å². The van der Waals surface area contributed by atoms with Crippen molar-refractivity contribution in [3.05, 3.63) is 34.9 Å². The van der Waals surface area contributed by atoms with Gasteiger partial charge in [-0.25, -0.2) is 0 Å². The van der Waals surface area contributed by atoms with Crippen LogP contribution in [-0.4, -0.2) is 40.6 Å². The summed E-state index contributed by atoms with van der Waals surface area (Å²) in [5.74, 6) is 1.63. The zero-order valence-corrected chi connectivity index (χ0v) is 29.1. The first-order valence-electron chi connectivity index (χ1n) is 16.4. The van der Waals surface area contributed by atoms with Gasteiger partial charge in [-0.1, -0.05) is 71.6 Å². The minimum Gasteiger partial charge on any atom is -0.414 e. The molecule has 3 nitrogen and oxygen atoms in total. The average Bonchev–Trinajstić information content (AvgIpc) is 3.24. The van der Waals surface area contributed by atoms with Crippen molar-refractivity contribution >= 4 is 16.6 Å². The minimum absolute atomic E-state index is 0.185. The van der Waals surface area contributed by atoms with Crippen LogP contribution in [0.3, 0.4) is 0 Å². The van der Waals surface area contributed by atoms with Crippen LogP contribution in [-0.2, 0) is 8.85 Å². The molecule has 3 rings (SSSR count). The van der Waals surface area contributed by atoms with Crippen LogP contribution >= 0.6 is 0 Å². The molecule has 0 heterocycles. The number of unbranched alkanes of at least 4 members (excludes halogenated alkanes) is 2. The molecule has 0 spiro atoms. The van der Waals surface area contributed by atoms with Crippen molar-refractivity contribution in [2.45, 2.75) is 149 Å². The van der Waals surface area contributed by atoms with Crippen LogP contribution in [0.4, 0.5) is 0 Å². The lowest BCUT2D eigenvalue weighted by Gasteiger charge is -2.42. The number of hydrogen-bond donors (Lipinski definition) is 1. The minimum atomic E-state index is -1.73. The van der Waals surface area contributed by atoms with Gasteiger partial charge in [0.05, 0.1) is 12.2 Å². The Labute approximate surface area is 244 Å². The van der Waals surface area contributed by atoms with Gasteiger partial charge in [0.1, 0.15) is 0 Å². The fourth-order valence-electron chi connectivity index (χ4n) is 8.00. The molecule has 6 unspecified atom stereocenters. The number of rotatable bonds is 14. The van der Waals surface area contributed by atoms with E-state index in [1.807, 2.05) is 0 Å². The van der Waals surface area contributed by atoms with Crippen molar-refractivity contribution in [2.24, 2.45) is 23.2 Å². The van der Waals surface area contributed by atoms with Gasteiger partial charge in [-0.2, -0.15) is 0 Å². The van der Waals surface area contributed by atoms with Gasteiger partial charge < -0.3 is 14.0 Å². The van der Waals surface area contributed by atoms with Crippen molar-refractivity contribution in [3.63, 3.8) is 0 Å². The van der Waals surface area contributed by atoms with Gasteiger partial charge in [-0.15, -0.1) is 0 Å². The molecule has 5 heteroatoms. The second-order valence-electron chi connectivity index (χ2n) is 14.7. The summed E-state index contributed by atoms with van der Waals surface area (Å²) in [6, 6.07) is 2.48. The first-order chi connectivity index (χ1) is 18.4. The molecule has 0 saturated heterocycles. The maximum atomic E-state index is 9.92. The molecule has 6 atom stereocenters. The van der Waals surface area contributed by atoms with E-state index < -0.39 is 16.6 Å². The SMILES string of the molecule is CCCC[Si](C)(C)OC1CC(/C=C/C2=CCCC3(C)C2CCC3C(C)CO)=C(C)C(O[Si](C)(C)CCCC)C1. The van der Waals surface area contributed by atoms with Gasteiger partial charge >= 0.3 is 0 Å². The number of fused-ring (bicyclic) bond motifs is 1. The summed E-state index contributed by atoms with van der Waals surface area (Å²) in [5, 5.41) is 9.92. The van der Waals surface area contributed by atoms with Crippen LogP contribution < -0.4 is 0 Å². The third kappa shape index (κ3) is 8.53. The number of allylic oxidation sites excluding steroid dienone is 4. The Morgan fingerprint density at radius 3 is 2.28 bits per heavy atom. The van der Waals surface area contributed by atoms with E-state index in [2.05, 4.69) is 79.0 Å². The molecule has 1 N–H and O–H groups in total. The average molecular weight is 575 g/mol. The second-order valence-corrected chi connectivity index (χ2v) is 23.2. The predicted octanol–water partition coefficient (Wildman–Crippen LogP) is 9.81. The fourth-order valence-corrected chi connectivity index (χ4v) is 12.8. The molecule has 3 aliphatic rings. The van der Waals surface area contributed by atoms with Gasteiger partial charge in [0.15, 0.2) is 16.6 Å². The normalized spacial score (nSPS) is 31.1. The Balaban J connectivity index is 1.84. The molecule has 0 bridgehead atoms. The van der Waals surface area contributed by atoms with Gasteiger partial charge in [0.25, 0.3) is 0 Å². The highest BCUT2D eigenvalue weighted by molar-refractivity contribution is 6.71. The number of aliphatic hydroxyl groups is 1. The molecule has 0 aromatic carbocycles. The van der Waals surface area contributed by atoms with E-state index in [1.165, 1.54) is 73.8 Å². The summed E-state index contributed by atoms with van der Waals surface area (Å²) in [6.07, 6.45) is 19.8. The van der Waals surface area contributed by atoms with Crippen molar-refractivity contribution in [2.75, 3.05) is 6.61 Å². The molecule has 3 aliphatic carbocycles. The van der Waals surface area contributed by atoms with Gasteiger partial charge in [-0.3, -0.25) is 0 Å². The molecular weight excluding hydrogens is 513 g/mol. The lowest BCUT2D eigenvalue weighted by Crippen LogP contribution is -2.43. The maximum Gasteiger partial charge on any atom is 0.187 e. The Bertz CT molecular complexity index is 889. The second kappa shape index (κ2) is 14.1. The van der Waals surface area contributed by atoms with E-state index in [9.17, 15) is 5.11 Å². The highest BCUT2D eigenvalue weighted by atomic mass is 28.4. The molecule has 0 amide bonds. The Morgan fingerprint density at radius 2 is 1.67 bits per heavy atom. The van der Waals surface area contributed by atoms with Gasteiger partial charge in [0, 0.05) is 13.0 Å². The van der Waals surface area contributed by atoms with E-state index in [4.69, 9.17) is 8.85 Å². The van der Waals surface area contributed by atoms with E-state index in [0.717, 1.165) is 19.3 Å². The van der Waals surface area contributed by atoms with Gasteiger partial charge in [0.2, 0.25) is 0 Å². The summed E-state index contributed by atoms with van der Waals surface area (Å²) in [7, 11) is -3.43. The lowest BCUT2D eigenvalue weighted by atomic mass is 9.62. The Morgan fingerprint density at radius 1 is 1.03 bits per heavy atom. The highest BCUT2D eigenvalue weighted by Crippen LogP contribution is 2.58. The zero-order valence-electron chi connectivity index (χ0n) is 27.1. The van der Waals surface area contributed by atoms with Crippen molar-refractivity contribution in [3.8, 4) is 0 Å². The number of hydrogen-bond acceptors (Lipinski definition) is 3. The number of aliphatic hydroxyl groups excluding tert-OH is 1. The van der Waals surface area contributed by atoms with E-state index in [0.29, 0.717) is 29.8 Å². The van der Waals surface area contributed by atoms with E-state index >= 15 is 0 Å². The molecule has 39 heavy (non-hydrogen) atoms. The van der Waals surface area contributed by atoms with Crippen molar-refractivity contribution in [1.29, 1.82) is 0 Å². The third-order valence-electron chi connectivity index (χ3n) is 10.5. The summed E-state index contributed by atoms with van der Waals surface area (Å²) in [5.41, 5.74) is 4.73. The van der Waals surface area contributed by atoms with Crippen LogP contribution in [0.1, 0.15) is 98.8 Å². The molecule has 1 fully saturated rings.